The van der Waals surface area contributed by atoms with Gasteiger partial charge in [0.05, 0.1) is 11.6 Å². The first-order valence-electron chi connectivity index (χ1n) is 12.0. The second-order valence-electron chi connectivity index (χ2n) is 9.28. The van der Waals surface area contributed by atoms with Crippen molar-refractivity contribution in [2.24, 2.45) is 11.8 Å². The number of ether oxygens (including phenoxy) is 3. The van der Waals surface area contributed by atoms with Crippen LogP contribution < -0.4 is 10.9 Å². The van der Waals surface area contributed by atoms with Crippen molar-refractivity contribution in [3.8, 4) is 0 Å². The fourth-order valence-electron chi connectivity index (χ4n) is 3.75. The Bertz CT molecular complexity index is 1220. The van der Waals surface area contributed by atoms with E-state index in [2.05, 4.69) is 15.3 Å². The Morgan fingerprint density at radius 3 is 2.46 bits per heavy atom. The van der Waals surface area contributed by atoms with E-state index in [-0.39, 0.29) is 6.42 Å². The number of esters is 3. The topological polar surface area (TPSA) is 154 Å². The summed E-state index contributed by atoms with van der Waals surface area (Å²) in [4.78, 5) is 70.2. The Morgan fingerprint density at radius 2 is 1.81 bits per heavy atom. The van der Waals surface area contributed by atoms with Crippen molar-refractivity contribution in [2.75, 3.05) is 6.61 Å². The molecule has 37 heavy (non-hydrogen) atoms. The summed E-state index contributed by atoms with van der Waals surface area (Å²) >= 11 is 0. The summed E-state index contributed by atoms with van der Waals surface area (Å²) in [6.07, 6.45) is -2.02. The normalized spacial score (nSPS) is 22.2. The van der Waals surface area contributed by atoms with E-state index in [1.54, 1.807) is 27.7 Å². The van der Waals surface area contributed by atoms with Gasteiger partial charge in [0.2, 0.25) is 0 Å². The van der Waals surface area contributed by atoms with Crippen LogP contribution in [0.25, 0.3) is 0 Å². The highest BCUT2D eigenvalue weighted by molar-refractivity contribution is 5.95. The fraction of sp³-hybridized carbons (Fsp3) is 0.462. The molecule has 1 aromatic heterocycles. The number of aryl methyl sites for hydroxylation is 2. The van der Waals surface area contributed by atoms with E-state index in [1.165, 1.54) is 6.92 Å². The van der Waals surface area contributed by atoms with Crippen LogP contribution >= 0.6 is 0 Å². The number of carbonyl (C=O) groups excluding carboxylic acids is 4. The molecule has 1 aliphatic rings. The van der Waals surface area contributed by atoms with Crippen LogP contribution in [0.15, 0.2) is 35.1 Å². The molecule has 2 aromatic rings. The van der Waals surface area contributed by atoms with Gasteiger partial charge in [-0.3, -0.25) is 19.2 Å². The smallest absolute Gasteiger partial charge is 0.332 e. The number of benzene rings is 1. The first kappa shape index (κ1) is 27.6. The highest BCUT2D eigenvalue weighted by Crippen LogP contribution is 2.24. The standard InChI is InChI=1S/C26H31N3O8/c1-13(2)24(32)37-21-16(5)36-26(34)19(29-23(31)20-22(30)28-15(4)14(3)27-20)12-35-25(33)18(21)11-17-9-7-6-8-10-17/h6-10,13,16,18-19,21H,11-12H2,1-5H3,(H,28,30)(H,29,31)/t16-,18+,19-,21-/m0/s1. The highest BCUT2D eigenvalue weighted by atomic mass is 16.6. The lowest BCUT2D eigenvalue weighted by Gasteiger charge is -2.29. The molecule has 1 aliphatic heterocycles. The molecular weight excluding hydrogens is 482 g/mol. The van der Waals surface area contributed by atoms with E-state index >= 15 is 0 Å². The minimum Gasteiger partial charge on any atom is -0.463 e. The summed E-state index contributed by atoms with van der Waals surface area (Å²) < 4.78 is 16.6. The van der Waals surface area contributed by atoms with Gasteiger partial charge in [-0.1, -0.05) is 44.2 Å². The van der Waals surface area contributed by atoms with E-state index in [1.807, 2.05) is 30.3 Å². The van der Waals surface area contributed by atoms with E-state index < -0.39 is 71.8 Å². The molecule has 2 N–H and O–H groups in total. The van der Waals surface area contributed by atoms with Crippen LogP contribution in [0.2, 0.25) is 0 Å². The lowest BCUT2D eigenvalue weighted by Crippen LogP contribution is -2.48. The largest absolute Gasteiger partial charge is 0.463 e. The van der Waals surface area contributed by atoms with Gasteiger partial charge < -0.3 is 24.5 Å². The molecular formula is C26H31N3O8. The van der Waals surface area contributed by atoms with Crippen molar-refractivity contribution >= 4 is 23.8 Å². The summed E-state index contributed by atoms with van der Waals surface area (Å²) in [5, 5.41) is 2.37. The molecule has 11 heteroatoms. The Hall–Kier alpha value is -4.02. The van der Waals surface area contributed by atoms with Gasteiger partial charge in [-0.05, 0) is 32.8 Å². The number of carbonyl (C=O) groups is 4. The molecule has 4 atom stereocenters. The zero-order chi connectivity index (χ0) is 27.3. The number of rotatable bonds is 6. The van der Waals surface area contributed by atoms with Gasteiger partial charge in [-0.2, -0.15) is 0 Å². The van der Waals surface area contributed by atoms with Gasteiger partial charge in [0, 0.05) is 5.69 Å². The molecule has 3 rings (SSSR count). The molecule has 1 saturated heterocycles. The van der Waals surface area contributed by atoms with Gasteiger partial charge in [-0.15, -0.1) is 0 Å². The van der Waals surface area contributed by atoms with Crippen molar-refractivity contribution in [2.45, 2.75) is 59.3 Å². The Morgan fingerprint density at radius 1 is 1.14 bits per heavy atom. The summed E-state index contributed by atoms with van der Waals surface area (Å²) in [5.41, 5.74) is 0.544. The molecule has 0 bridgehead atoms. The van der Waals surface area contributed by atoms with Crippen LogP contribution in [0.1, 0.15) is 48.2 Å². The second kappa shape index (κ2) is 11.8. The molecule has 0 saturated carbocycles. The molecule has 0 spiro atoms. The zero-order valence-electron chi connectivity index (χ0n) is 21.4. The third kappa shape index (κ3) is 6.81. The van der Waals surface area contributed by atoms with Gasteiger partial charge in [-0.25, -0.2) is 9.78 Å². The van der Waals surface area contributed by atoms with Gasteiger partial charge in [0.1, 0.15) is 18.6 Å². The number of hydrogen-bond acceptors (Lipinski definition) is 9. The van der Waals surface area contributed by atoms with Crippen molar-refractivity contribution in [1.29, 1.82) is 0 Å². The number of hydrogen-bond donors (Lipinski definition) is 2. The highest BCUT2D eigenvalue weighted by Gasteiger charge is 2.42. The van der Waals surface area contributed by atoms with Crippen molar-refractivity contribution < 1.29 is 33.4 Å². The van der Waals surface area contributed by atoms with Crippen molar-refractivity contribution in [3.05, 3.63) is 63.3 Å². The molecule has 0 radical (unpaired) electrons. The predicted molar refractivity (Wildman–Crippen MR) is 130 cm³/mol. The molecule has 1 fully saturated rings. The minimum atomic E-state index is -1.42. The number of aromatic amines is 1. The summed E-state index contributed by atoms with van der Waals surface area (Å²) in [7, 11) is 0. The van der Waals surface area contributed by atoms with E-state index in [0.717, 1.165) is 5.56 Å². The van der Waals surface area contributed by atoms with Crippen LogP contribution in [-0.2, 0) is 35.0 Å². The van der Waals surface area contributed by atoms with Crippen LogP contribution in [0, 0.1) is 25.7 Å². The van der Waals surface area contributed by atoms with E-state index in [4.69, 9.17) is 14.2 Å². The van der Waals surface area contributed by atoms with Crippen LogP contribution in [-0.4, -0.2) is 58.6 Å². The number of aromatic nitrogens is 2. The van der Waals surface area contributed by atoms with Crippen LogP contribution in [0.5, 0.6) is 0 Å². The van der Waals surface area contributed by atoms with Gasteiger partial charge in [0.15, 0.2) is 17.8 Å². The quantitative estimate of drug-likeness (QED) is 0.431. The summed E-state index contributed by atoms with van der Waals surface area (Å²) in [5.74, 6) is -4.61. The zero-order valence-corrected chi connectivity index (χ0v) is 21.4. The molecule has 1 amide bonds. The van der Waals surface area contributed by atoms with Crippen molar-refractivity contribution in [3.63, 3.8) is 0 Å². The van der Waals surface area contributed by atoms with Crippen LogP contribution in [0.3, 0.4) is 0 Å². The maximum atomic E-state index is 13.2. The Labute approximate surface area is 213 Å². The third-order valence-electron chi connectivity index (χ3n) is 6.02. The van der Waals surface area contributed by atoms with E-state index in [0.29, 0.717) is 11.4 Å². The Balaban J connectivity index is 1.88. The number of nitrogens with zero attached hydrogens (tertiary/aromatic N) is 1. The fourth-order valence-corrected chi connectivity index (χ4v) is 3.75. The lowest BCUT2D eigenvalue weighted by atomic mass is 9.91. The molecule has 11 nitrogen and oxygen atoms in total. The first-order valence-corrected chi connectivity index (χ1v) is 12.0. The summed E-state index contributed by atoms with van der Waals surface area (Å²) in [6, 6.07) is 7.65. The van der Waals surface area contributed by atoms with Crippen LogP contribution in [0.4, 0.5) is 0 Å². The molecule has 0 aliphatic carbocycles. The average Bonchev–Trinajstić information content (AvgIpc) is 2.88. The minimum absolute atomic E-state index is 0.163. The molecule has 1 aromatic carbocycles. The predicted octanol–water partition coefficient (Wildman–Crippen LogP) is 1.40. The second-order valence-corrected chi connectivity index (χ2v) is 9.28. The lowest BCUT2D eigenvalue weighted by molar-refractivity contribution is -0.176. The number of cyclic esters (lactones) is 2. The van der Waals surface area contributed by atoms with Gasteiger partial charge >= 0.3 is 17.9 Å². The third-order valence-corrected chi connectivity index (χ3v) is 6.02. The SMILES string of the molecule is Cc1nc(C(=O)N[C@H]2COC(=O)[C@H](Cc3ccccc3)[C@@H](OC(=O)C(C)C)[C@H](C)OC2=O)c(=O)[nH]c1C. The molecule has 198 valence electrons. The first-order chi connectivity index (χ1) is 17.5. The number of H-pyrrole nitrogens is 1. The van der Waals surface area contributed by atoms with Crippen molar-refractivity contribution in [1.82, 2.24) is 15.3 Å². The maximum absolute atomic E-state index is 13.2. The number of nitrogens with one attached hydrogen (secondary N) is 2. The number of amides is 1. The summed E-state index contributed by atoms with van der Waals surface area (Å²) in [6.45, 7) is 7.50. The molecule has 2 heterocycles. The Kier molecular flexibility index (Phi) is 8.80. The van der Waals surface area contributed by atoms with Gasteiger partial charge in [0.25, 0.3) is 11.5 Å². The maximum Gasteiger partial charge on any atom is 0.332 e. The van der Waals surface area contributed by atoms with E-state index in [9.17, 15) is 24.0 Å². The molecule has 0 unspecified atom stereocenters. The monoisotopic (exact) mass is 513 g/mol. The average molecular weight is 514 g/mol.